The molecule has 0 saturated heterocycles. The predicted octanol–water partition coefficient (Wildman–Crippen LogP) is -0.567. The molecule has 1 aromatic heterocycles. The number of nitrogens with two attached hydrogens (primary N) is 1. The van der Waals surface area contributed by atoms with E-state index in [2.05, 4.69) is 20.4 Å². The van der Waals surface area contributed by atoms with Crippen LogP contribution >= 0.6 is 11.6 Å². The highest BCUT2D eigenvalue weighted by Crippen LogP contribution is 2.21. The van der Waals surface area contributed by atoms with Crippen molar-refractivity contribution in [3.05, 3.63) is 17.3 Å². The van der Waals surface area contributed by atoms with E-state index in [-0.39, 0.29) is 15.7 Å². The van der Waals surface area contributed by atoms with Crippen LogP contribution in [0.15, 0.2) is 17.2 Å². The molecule has 1 heterocycles. The largest absolute Gasteiger partial charge is 0.358 e. The van der Waals surface area contributed by atoms with Crippen molar-refractivity contribution in [1.29, 1.82) is 0 Å². The number of anilines is 1. The molecule has 1 unspecified atom stereocenters. The Morgan fingerprint density at radius 2 is 2.16 bits per heavy atom. The van der Waals surface area contributed by atoms with Gasteiger partial charge in [-0.25, -0.2) is 19.2 Å². The zero-order valence-electron chi connectivity index (χ0n) is 10.3. The Bertz CT molecular complexity index is 577. The third-order valence-electron chi connectivity index (χ3n) is 2.23. The topological polar surface area (TPSA) is 126 Å². The van der Waals surface area contributed by atoms with Gasteiger partial charge in [0.05, 0.1) is 11.1 Å². The molecule has 1 atom stereocenters. The summed E-state index contributed by atoms with van der Waals surface area (Å²) in [6.07, 6.45) is 1.08. The van der Waals surface area contributed by atoms with E-state index in [9.17, 15) is 13.2 Å². The maximum atomic E-state index is 12.0. The van der Waals surface area contributed by atoms with E-state index in [1.165, 1.54) is 20.0 Å². The van der Waals surface area contributed by atoms with Crippen molar-refractivity contribution in [3.8, 4) is 0 Å². The summed E-state index contributed by atoms with van der Waals surface area (Å²) in [6.45, 7) is 1.42. The molecule has 106 valence electrons. The molecule has 0 aliphatic rings. The van der Waals surface area contributed by atoms with Crippen LogP contribution in [0.5, 0.6) is 0 Å². The highest BCUT2D eigenvalue weighted by molar-refractivity contribution is 7.89. The van der Waals surface area contributed by atoms with Gasteiger partial charge in [0.2, 0.25) is 15.9 Å². The minimum Gasteiger partial charge on any atom is -0.358 e. The molecule has 19 heavy (non-hydrogen) atoms. The number of hydrogen-bond donors (Lipinski definition) is 4. The molecule has 0 aliphatic carbocycles. The molecular formula is C9H14ClN5O3S. The van der Waals surface area contributed by atoms with Crippen molar-refractivity contribution in [2.24, 2.45) is 5.84 Å². The zero-order valence-corrected chi connectivity index (χ0v) is 11.8. The third-order valence-corrected chi connectivity index (χ3v) is 4.03. The van der Waals surface area contributed by atoms with Gasteiger partial charge in [-0.1, -0.05) is 11.6 Å². The Morgan fingerprint density at radius 3 is 2.63 bits per heavy atom. The Hall–Kier alpha value is -1.42. The van der Waals surface area contributed by atoms with Gasteiger partial charge in [0.15, 0.2) is 5.82 Å². The highest BCUT2D eigenvalue weighted by atomic mass is 35.5. The fourth-order valence-electron chi connectivity index (χ4n) is 1.24. The van der Waals surface area contributed by atoms with Crippen LogP contribution in [-0.2, 0) is 14.8 Å². The number of aromatic nitrogens is 1. The monoisotopic (exact) mass is 307 g/mol. The molecule has 0 saturated carbocycles. The lowest BCUT2D eigenvalue weighted by molar-refractivity contribution is -0.121. The van der Waals surface area contributed by atoms with Crippen molar-refractivity contribution >= 4 is 33.3 Å². The van der Waals surface area contributed by atoms with Crippen LogP contribution in [0.1, 0.15) is 6.92 Å². The first-order valence-electron chi connectivity index (χ1n) is 5.18. The summed E-state index contributed by atoms with van der Waals surface area (Å²) >= 11 is 5.79. The van der Waals surface area contributed by atoms with Crippen LogP contribution < -0.4 is 21.3 Å². The van der Waals surface area contributed by atoms with Gasteiger partial charge >= 0.3 is 0 Å². The molecule has 0 radical (unpaired) electrons. The maximum absolute atomic E-state index is 12.0. The Morgan fingerprint density at radius 1 is 1.53 bits per heavy atom. The molecule has 0 aromatic carbocycles. The van der Waals surface area contributed by atoms with Gasteiger partial charge in [0, 0.05) is 13.2 Å². The van der Waals surface area contributed by atoms with Crippen LogP contribution in [0.2, 0.25) is 5.02 Å². The predicted molar refractivity (Wildman–Crippen MR) is 70.9 cm³/mol. The summed E-state index contributed by atoms with van der Waals surface area (Å²) in [7, 11) is -2.48. The van der Waals surface area contributed by atoms with Gasteiger partial charge in [-0.2, -0.15) is 4.72 Å². The van der Waals surface area contributed by atoms with Crippen molar-refractivity contribution in [2.45, 2.75) is 17.9 Å². The SMILES string of the molecule is CNC(=O)C(C)NS(=O)(=O)c1cnc(NN)c(Cl)c1. The van der Waals surface area contributed by atoms with Gasteiger partial charge < -0.3 is 10.7 Å². The van der Waals surface area contributed by atoms with Gasteiger partial charge in [0.1, 0.15) is 4.90 Å². The van der Waals surface area contributed by atoms with E-state index < -0.39 is 22.0 Å². The molecule has 0 spiro atoms. The van der Waals surface area contributed by atoms with Crippen molar-refractivity contribution in [3.63, 3.8) is 0 Å². The van der Waals surface area contributed by atoms with Crippen LogP contribution in [-0.4, -0.2) is 32.4 Å². The number of hydrazine groups is 1. The van der Waals surface area contributed by atoms with Gasteiger partial charge in [-0.3, -0.25) is 4.79 Å². The van der Waals surface area contributed by atoms with Crippen molar-refractivity contribution < 1.29 is 13.2 Å². The summed E-state index contributed by atoms with van der Waals surface area (Å²) in [5, 5.41) is 2.39. The quantitative estimate of drug-likeness (QED) is 0.426. The maximum Gasteiger partial charge on any atom is 0.242 e. The second kappa shape index (κ2) is 6.15. The summed E-state index contributed by atoms with van der Waals surface area (Å²) in [6, 6.07) is 0.268. The molecule has 10 heteroatoms. The number of hydrogen-bond acceptors (Lipinski definition) is 6. The number of carbonyl (C=O) groups is 1. The molecule has 0 bridgehead atoms. The molecule has 5 N–H and O–H groups in total. The van der Waals surface area contributed by atoms with Gasteiger partial charge in [0.25, 0.3) is 0 Å². The molecular weight excluding hydrogens is 294 g/mol. The number of nitrogen functional groups attached to an aromatic ring is 1. The molecule has 8 nitrogen and oxygen atoms in total. The average molecular weight is 308 g/mol. The van der Waals surface area contributed by atoms with Gasteiger partial charge in [-0.15, -0.1) is 0 Å². The number of likely N-dealkylation sites (N-methyl/N-ethyl adjacent to an activating group) is 1. The minimum atomic E-state index is -3.89. The fraction of sp³-hybridized carbons (Fsp3) is 0.333. The molecule has 0 fully saturated rings. The number of halogens is 1. The minimum absolute atomic E-state index is 0.0537. The van der Waals surface area contributed by atoms with Gasteiger partial charge in [-0.05, 0) is 13.0 Å². The van der Waals surface area contributed by atoms with E-state index in [0.29, 0.717) is 0 Å². The number of nitrogens with one attached hydrogen (secondary N) is 3. The number of pyridine rings is 1. The average Bonchev–Trinajstić information content (AvgIpc) is 2.37. The number of rotatable bonds is 5. The van der Waals surface area contributed by atoms with Crippen LogP contribution in [0.25, 0.3) is 0 Å². The molecule has 0 aliphatic heterocycles. The van der Waals surface area contributed by atoms with E-state index in [1.807, 2.05) is 0 Å². The number of carbonyl (C=O) groups excluding carboxylic acids is 1. The first-order chi connectivity index (χ1) is 8.81. The lowest BCUT2D eigenvalue weighted by Gasteiger charge is -2.13. The smallest absolute Gasteiger partial charge is 0.242 e. The lowest BCUT2D eigenvalue weighted by atomic mass is 10.3. The third kappa shape index (κ3) is 3.77. The van der Waals surface area contributed by atoms with Crippen molar-refractivity contribution in [1.82, 2.24) is 15.0 Å². The van der Waals surface area contributed by atoms with Crippen LogP contribution in [0, 0.1) is 0 Å². The Kier molecular flexibility index (Phi) is 5.06. The zero-order chi connectivity index (χ0) is 14.6. The number of amides is 1. The van der Waals surface area contributed by atoms with Crippen LogP contribution in [0.3, 0.4) is 0 Å². The molecule has 1 aromatic rings. The lowest BCUT2D eigenvalue weighted by Crippen LogP contribution is -2.43. The summed E-state index contributed by atoms with van der Waals surface area (Å²) in [4.78, 5) is 14.9. The van der Waals surface area contributed by atoms with Crippen LogP contribution in [0.4, 0.5) is 5.82 Å². The second-order valence-electron chi connectivity index (χ2n) is 3.60. The van der Waals surface area contributed by atoms with E-state index in [4.69, 9.17) is 17.4 Å². The number of sulfonamides is 1. The number of nitrogens with zero attached hydrogens (tertiary/aromatic N) is 1. The Labute approximate surface area is 115 Å². The van der Waals surface area contributed by atoms with E-state index in [1.54, 1.807) is 0 Å². The summed E-state index contributed by atoms with van der Waals surface area (Å²) < 4.78 is 26.1. The summed E-state index contributed by atoms with van der Waals surface area (Å²) in [5.41, 5.74) is 2.22. The highest BCUT2D eigenvalue weighted by Gasteiger charge is 2.22. The standard InChI is InChI=1S/C9H14ClN5O3S/c1-5(9(16)12-2)15-19(17,18)6-3-7(10)8(14-11)13-4-6/h3-5,15H,11H2,1-2H3,(H,12,16)(H,13,14). The van der Waals surface area contributed by atoms with Crippen molar-refractivity contribution in [2.75, 3.05) is 12.5 Å². The molecule has 1 rings (SSSR count). The fourth-order valence-corrected chi connectivity index (χ4v) is 2.70. The second-order valence-corrected chi connectivity index (χ2v) is 5.72. The first kappa shape index (κ1) is 15.6. The van der Waals surface area contributed by atoms with E-state index in [0.717, 1.165) is 6.20 Å². The molecule has 1 amide bonds. The normalized spacial score (nSPS) is 12.8. The first-order valence-corrected chi connectivity index (χ1v) is 7.04. The Balaban J connectivity index is 3.01. The van der Waals surface area contributed by atoms with E-state index >= 15 is 0 Å². The summed E-state index contributed by atoms with van der Waals surface area (Å²) in [5.74, 6) is 4.83.